The van der Waals surface area contributed by atoms with Crippen molar-refractivity contribution in [2.45, 2.75) is 19.4 Å². The maximum Gasteiger partial charge on any atom is 0.231 e. The van der Waals surface area contributed by atoms with Gasteiger partial charge < -0.3 is 26.5 Å². The third-order valence-corrected chi connectivity index (χ3v) is 5.34. The number of halogens is 1. The summed E-state index contributed by atoms with van der Waals surface area (Å²) in [5, 5.41) is 0. The van der Waals surface area contributed by atoms with Crippen molar-refractivity contribution in [1.82, 2.24) is 0 Å². The van der Waals surface area contributed by atoms with E-state index in [1.807, 2.05) is 60.3 Å². The molecule has 0 spiro atoms. The predicted molar refractivity (Wildman–Crippen MR) is 101 cm³/mol. The van der Waals surface area contributed by atoms with Gasteiger partial charge in [0.25, 0.3) is 0 Å². The van der Waals surface area contributed by atoms with E-state index in [2.05, 4.69) is 12.1 Å². The van der Waals surface area contributed by atoms with Crippen LogP contribution in [-0.2, 0) is 6.42 Å². The van der Waals surface area contributed by atoms with Crippen molar-refractivity contribution in [2.24, 2.45) is 0 Å². The second-order valence-electron chi connectivity index (χ2n) is 7.11. The van der Waals surface area contributed by atoms with Gasteiger partial charge in [-0.15, -0.1) is 0 Å². The molecule has 0 amide bonds. The summed E-state index contributed by atoms with van der Waals surface area (Å²) in [4.78, 5) is 12.8. The van der Waals surface area contributed by atoms with Gasteiger partial charge in [-0.3, -0.25) is 4.79 Å². The molecule has 1 aliphatic carbocycles. The molecule has 0 radical (unpaired) electrons. The average molecular weight is 438 g/mol. The Hall–Kier alpha value is -2.66. The van der Waals surface area contributed by atoms with Gasteiger partial charge in [-0.1, -0.05) is 29.8 Å². The lowest BCUT2D eigenvalue weighted by molar-refractivity contribution is -0.706. The maximum atomic E-state index is 12.8. The summed E-state index contributed by atoms with van der Waals surface area (Å²) in [5.41, 5.74) is 5.18. The van der Waals surface area contributed by atoms with Crippen LogP contribution in [0.3, 0.4) is 0 Å². The standard InChI is InChI=1S/C23H20NO3.BrH/c1-15-5-6-17-14-20(22(25)19(17)13-15)24-9-7-16(8-10-24)18-3-2-4-21-23(18)27-12-11-26-21;/h2-10,13,20H,11-12,14H2,1H3;1H/q+1;/p-1. The molecule has 28 heavy (non-hydrogen) atoms. The molecule has 1 atom stereocenters. The minimum atomic E-state index is -0.167. The monoisotopic (exact) mass is 437 g/mol. The normalized spacial score (nSPS) is 17.0. The van der Waals surface area contributed by atoms with Crippen LogP contribution in [0.15, 0.2) is 60.9 Å². The Labute approximate surface area is 174 Å². The smallest absolute Gasteiger partial charge is 0.231 e. The van der Waals surface area contributed by atoms with Gasteiger partial charge in [-0.2, -0.15) is 4.57 Å². The Morgan fingerprint density at radius 3 is 2.57 bits per heavy atom. The number of ether oxygens (including phenoxy) is 2. The molecule has 142 valence electrons. The van der Waals surface area contributed by atoms with Gasteiger partial charge in [0, 0.05) is 29.7 Å². The molecule has 1 aromatic heterocycles. The van der Waals surface area contributed by atoms with Gasteiger partial charge in [-0.25, -0.2) is 0 Å². The Kier molecular flexibility index (Phi) is 4.94. The summed E-state index contributed by atoms with van der Waals surface area (Å²) in [6, 6.07) is 16.0. The van der Waals surface area contributed by atoms with Gasteiger partial charge in [0.05, 0.1) is 0 Å². The Morgan fingerprint density at radius 1 is 0.964 bits per heavy atom. The van der Waals surface area contributed by atoms with Gasteiger partial charge >= 0.3 is 0 Å². The van der Waals surface area contributed by atoms with Crippen LogP contribution < -0.4 is 31.0 Å². The number of benzene rings is 2. The molecule has 0 saturated carbocycles. The number of carbonyl (C=O) groups excluding carboxylic acids is 1. The molecule has 2 heterocycles. The third kappa shape index (κ3) is 3.10. The molecule has 2 aromatic carbocycles. The third-order valence-electron chi connectivity index (χ3n) is 5.34. The molecule has 5 rings (SSSR count). The number of para-hydroxylation sites is 1. The SMILES string of the molecule is Cc1ccc2c(c1)C(=O)C([n+]1ccc(-c3cccc4c3OCCO4)cc1)C2.[Br-]. The number of hydrogen-bond acceptors (Lipinski definition) is 3. The number of rotatable bonds is 2. The van der Waals surface area contributed by atoms with Crippen molar-refractivity contribution >= 4 is 5.78 Å². The first kappa shape index (κ1) is 18.7. The molecule has 0 bridgehead atoms. The molecule has 1 aliphatic heterocycles. The first-order chi connectivity index (χ1) is 13.2. The fourth-order valence-corrected chi connectivity index (χ4v) is 3.95. The lowest BCUT2D eigenvalue weighted by Crippen LogP contribution is -3.00. The number of aromatic nitrogens is 1. The summed E-state index contributed by atoms with van der Waals surface area (Å²) < 4.78 is 13.5. The van der Waals surface area contributed by atoms with Crippen molar-refractivity contribution in [3.8, 4) is 22.6 Å². The first-order valence-electron chi connectivity index (χ1n) is 9.24. The number of hydrogen-bond donors (Lipinski definition) is 0. The summed E-state index contributed by atoms with van der Waals surface area (Å²) in [7, 11) is 0. The van der Waals surface area contributed by atoms with Crippen molar-refractivity contribution in [2.75, 3.05) is 13.2 Å². The summed E-state index contributed by atoms with van der Waals surface area (Å²) in [6.07, 6.45) is 4.72. The van der Waals surface area contributed by atoms with Gasteiger partial charge in [-0.05, 0) is 30.2 Å². The zero-order valence-electron chi connectivity index (χ0n) is 15.5. The fourth-order valence-electron chi connectivity index (χ4n) is 3.95. The predicted octanol–water partition coefficient (Wildman–Crippen LogP) is 0.705. The van der Waals surface area contributed by atoms with Crippen LogP contribution in [0.4, 0.5) is 0 Å². The second-order valence-corrected chi connectivity index (χ2v) is 7.11. The van der Waals surface area contributed by atoms with E-state index in [4.69, 9.17) is 9.47 Å². The highest BCUT2D eigenvalue weighted by Crippen LogP contribution is 2.39. The molecular weight excluding hydrogens is 418 g/mol. The van der Waals surface area contributed by atoms with Crippen molar-refractivity contribution < 1.29 is 35.8 Å². The van der Waals surface area contributed by atoms with Crippen LogP contribution in [0, 0.1) is 6.92 Å². The number of aryl methyl sites for hydroxylation is 1. The zero-order valence-corrected chi connectivity index (χ0v) is 17.1. The van der Waals surface area contributed by atoms with Gasteiger partial charge in [0.15, 0.2) is 23.9 Å². The number of carbonyl (C=O) groups is 1. The minimum absolute atomic E-state index is 0. The van der Waals surface area contributed by atoms with Crippen LogP contribution in [0.1, 0.15) is 27.5 Å². The zero-order chi connectivity index (χ0) is 18.4. The number of pyridine rings is 1. The lowest BCUT2D eigenvalue weighted by Gasteiger charge is -2.20. The fraction of sp³-hybridized carbons (Fsp3) is 0.217. The van der Waals surface area contributed by atoms with Crippen molar-refractivity contribution in [1.29, 1.82) is 0 Å². The van der Waals surface area contributed by atoms with Crippen LogP contribution >= 0.6 is 0 Å². The first-order valence-corrected chi connectivity index (χ1v) is 9.24. The van der Waals surface area contributed by atoms with Crippen molar-refractivity contribution in [3.05, 3.63) is 77.6 Å². The highest BCUT2D eigenvalue weighted by atomic mass is 79.9. The molecule has 4 nitrogen and oxygen atoms in total. The molecule has 0 saturated heterocycles. The lowest BCUT2D eigenvalue weighted by atomic mass is 10.0. The molecule has 0 fully saturated rings. The number of fused-ring (bicyclic) bond motifs is 2. The Morgan fingerprint density at radius 2 is 1.75 bits per heavy atom. The molecule has 5 heteroatoms. The number of nitrogens with zero attached hydrogens (tertiary/aromatic N) is 1. The van der Waals surface area contributed by atoms with E-state index in [1.54, 1.807) is 0 Å². The largest absolute Gasteiger partial charge is 1.00 e. The van der Waals surface area contributed by atoms with Crippen LogP contribution in [0.5, 0.6) is 11.5 Å². The van der Waals surface area contributed by atoms with Crippen molar-refractivity contribution in [3.63, 3.8) is 0 Å². The Bertz CT molecular complexity index is 1050. The summed E-state index contributed by atoms with van der Waals surface area (Å²) in [5.74, 6) is 1.77. The van der Waals surface area contributed by atoms with Gasteiger partial charge in [0.1, 0.15) is 13.2 Å². The molecule has 2 aliphatic rings. The quantitative estimate of drug-likeness (QED) is 0.554. The molecular formula is C23H20BrNO3. The van der Waals surface area contributed by atoms with E-state index in [0.29, 0.717) is 13.2 Å². The molecule has 3 aromatic rings. The van der Waals surface area contributed by atoms with E-state index in [9.17, 15) is 4.79 Å². The van der Waals surface area contributed by atoms with E-state index in [0.717, 1.165) is 45.7 Å². The highest BCUT2D eigenvalue weighted by molar-refractivity contribution is 6.02. The molecule has 1 unspecified atom stereocenters. The minimum Gasteiger partial charge on any atom is -1.00 e. The highest BCUT2D eigenvalue weighted by Gasteiger charge is 2.37. The summed E-state index contributed by atoms with van der Waals surface area (Å²) >= 11 is 0. The molecule has 0 N–H and O–H groups in total. The van der Waals surface area contributed by atoms with Crippen LogP contribution in [-0.4, -0.2) is 19.0 Å². The van der Waals surface area contributed by atoms with E-state index < -0.39 is 0 Å². The van der Waals surface area contributed by atoms with Crippen LogP contribution in [0.2, 0.25) is 0 Å². The van der Waals surface area contributed by atoms with E-state index in [-0.39, 0.29) is 28.8 Å². The average Bonchev–Trinajstić information content (AvgIpc) is 3.04. The van der Waals surface area contributed by atoms with E-state index >= 15 is 0 Å². The van der Waals surface area contributed by atoms with Crippen LogP contribution in [0.25, 0.3) is 11.1 Å². The van der Waals surface area contributed by atoms with Gasteiger partial charge in [0.2, 0.25) is 11.8 Å². The number of ketones is 1. The summed E-state index contributed by atoms with van der Waals surface area (Å²) in [6.45, 7) is 3.16. The maximum absolute atomic E-state index is 12.8. The van der Waals surface area contributed by atoms with E-state index in [1.165, 1.54) is 0 Å². The second kappa shape index (κ2) is 7.40. The number of Topliss-reactive ketones (excluding diaryl/α,β-unsaturated/α-hetero) is 1. The Balaban J connectivity index is 0.00000192. The topological polar surface area (TPSA) is 39.4 Å².